The zero-order chi connectivity index (χ0) is 29.0. The zero-order valence-electron chi connectivity index (χ0n) is 23.0. The van der Waals surface area contributed by atoms with E-state index >= 15 is 0 Å². The van der Waals surface area contributed by atoms with Crippen LogP contribution in [0.15, 0.2) is 82.4 Å². The number of hydrogen-bond donors (Lipinski definition) is 1. The Morgan fingerprint density at radius 2 is 1.63 bits per heavy atom. The van der Waals surface area contributed by atoms with Crippen molar-refractivity contribution in [3.05, 3.63) is 78.2 Å². The van der Waals surface area contributed by atoms with E-state index in [0.717, 1.165) is 26.1 Å². The summed E-state index contributed by atoms with van der Waals surface area (Å²) < 4.78 is 41.3. The molecular formula is C29H29N5O4S3. The van der Waals surface area contributed by atoms with Gasteiger partial charge in [0, 0.05) is 22.7 Å². The van der Waals surface area contributed by atoms with Gasteiger partial charge in [-0.15, -0.1) is 23.1 Å². The molecule has 0 saturated carbocycles. The Kier molecular flexibility index (Phi) is 8.43. The molecule has 12 heteroatoms. The van der Waals surface area contributed by atoms with Crippen LogP contribution < -0.4 is 14.2 Å². The largest absolute Gasteiger partial charge is 0.473 e. The minimum Gasteiger partial charge on any atom is -0.473 e. The number of rotatable bonds is 10. The molecule has 0 aliphatic carbocycles. The van der Waals surface area contributed by atoms with Gasteiger partial charge in [0.25, 0.3) is 10.0 Å². The van der Waals surface area contributed by atoms with Crippen molar-refractivity contribution < 1.29 is 17.9 Å². The third-order valence-electron chi connectivity index (χ3n) is 6.20. The van der Waals surface area contributed by atoms with E-state index in [1.165, 1.54) is 17.7 Å². The lowest BCUT2D eigenvalue weighted by molar-refractivity contribution is 0.201. The van der Waals surface area contributed by atoms with Crippen molar-refractivity contribution in [2.24, 2.45) is 0 Å². The molecule has 0 amide bonds. The van der Waals surface area contributed by atoms with E-state index in [4.69, 9.17) is 9.47 Å². The van der Waals surface area contributed by atoms with Gasteiger partial charge in [-0.3, -0.25) is 4.72 Å². The monoisotopic (exact) mass is 607 g/mol. The van der Waals surface area contributed by atoms with Crippen molar-refractivity contribution in [1.29, 1.82) is 0 Å². The number of nitrogens with zero attached hydrogens (tertiary/aromatic N) is 4. The normalized spacial score (nSPS) is 11.9. The van der Waals surface area contributed by atoms with E-state index < -0.39 is 10.0 Å². The highest BCUT2D eigenvalue weighted by Crippen LogP contribution is 2.42. The lowest BCUT2D eigenvalue weighted by Gasteiger charge is -2.19. The quantitative estimate of drug-likeness (QED) is 0.142. The Morgan fingerprint density at radius 1 is 0.927 bits per heavy atom. The second-order valence-electron chi connectivity index (χ2n) is 10.0. The zero-order valence-corrected chi connectivity index (χ0v) is 25.4. The minimum absolute atomic E-state index is 0.101. The lowest BCUT2D eigenvalue weighted by Crippen LogP contribution is -2.17. The Balaban J connectivity index is 1.44. The van der Waals surface area contributed by atoms with Gasteiger partial charge in [0.2, 0.25) is 5.88 Å². The summed E-state index contributed by atoms with van der Waals surface area (Å²) in [6.07, 6.45) is 6.60. The van der Waals surface area contributed by atoms with Crippen LogP contribution >= 0.6 is 23.1 Å². The summed E-state index contributed by atoms with van der Waals surface area (Å²) in [7, 11) is -3.96. The molecule has 0 spiro atoms. The molecule has 5 rings (SSSR count). The number of benzene rings is 2. The molecule has 0 atom stereocenters. The number of ether oxygens (including phenoxy) is 2. The summed E-state index contributed by atoms with van der Waals surface area (Å²) in [5.41, 5.74) is 1.39. The average Bonchev–Trinajstić information content (AvgIpc) is 3.39. The van der Waals surface area contributed by atoms with Crippen LogP contribution in [-0.2, 0) is 15.4 Å². The predicted molar refractivity (Wildman–Crippen MR) is 164 cm³/mol. The van der Waals surface area contributed by atoms with E-state index in [1.54, 1.807) is 36.3 Å². The summed E-state index contributed by atoms with van der Waals surface area (Å²) in [6.45, 7) is 6.52. The molecule has 9 nitrogen and oxygen atoms in total. The smallest absolute Gasteiger partial charge is 0.316 e. The third-order valence-corrected chi connectivity index (χ3v) is 9.27. The SMILES string of the molecule is CSc1cnc(OCCOc2ncnc(NS(=O)(=O)c3ccc(C(C)(C)C)cc3)c2-c2scc3ccccc23)nc1. The summed E-state index contributed by atoms with van der Waals surface area (Å²) >= 11 is 3.00. The molecule has 3 heterocycles. The summed E-state index contributed by atoms with van der Waals surface area (Å²) in [4.78, 5) is 18.9. The van der Waals surface area contributed by atoms with E-state index in [0.29, 0.717) is 5.56 Å². The number of thiophene rings is 1. The summed E-state index contributed by atoms with van der Waals surface area (Å²) in [5, 5.41) is 3.96. The number of aromatic nitrogens is 4. The number of anilines is 1. The first-order valence-corrected chi connectivity index (χ1v) is 16.3. The molecule has 3 aromatic heterocycles. The molecule has 41 heavy (non-hydrogen) atoms. The lowest BCUT2D eigenvalue weighted by atomic mass is 9.87. The van der Waals surface area contributed by atoms with Crippen molar-refractivity contribution in [2.45, 2.75) is 36.0 Å². The first-order valence-electron chi connectivity index (χ1n) is 12.7. The number of thioether (sulfide) groups is 1. The van der Waals surface area contributed by atoms with Gasteiger partial charge in [-0.2, -0.15) is 0 Å². The number of fused-ring (bicyclic) bond motifs is 1. The van der Waals surface area contributed by atoms with Crippen LogP contribution in [0.2, 0.25) is 0 Å². The Morgan fingerprint density at radius 3 is 2.34 bits per heavy atom. The molecule has 0 saturated heterocycles. The van der Waals surface area contributed by atoms with Crippen molar-refractivity contribution in [2.75, 3.05) is 24.2 Å². The summed E-state index contributed by atoms with van der Waals surface area (Å²) in [6, 6.07) is 15.0. The first kappa shape index (κ1) is 28.8. The molecule has 0 aliphatic heterocycles. The van der Waals surface area contributed by atoms with Crippen LogP contribution in [0, 0.1) is 0 Å². The van der Waals surface area contributed by atoms with E-state index in [2.05, 4.69) is 45.4 Å². The van der Waals surface area contributed by atoms with Crippen LogP contribution in [0.4, 0.5) is 5.82 Å². The molecule has 1 N–H and O–H groups in total. The molecule has 2 aromatic carbocycles. The minimum atomic E-state index is -3.96. The van der Waals surface area contributed by atoms with Gasteiger partial charge in [-0.25, -0.2) is 28.4 Å². The van der Waals surface area contributed by atoms with Crippen LogP contribution in [0.3, 0.4) is 0 Å². The fourth-order valence-corrected chi connectivity index (χ4v) is 6.43. The highest BCUT2D eigenvalue weighted by Gasteiger charge is 2.24. The van der Waals surface area contributed by atoms with Crippen LogP contribution in [0.5, 0.6) is 11.9 Å². The molecule has 5 aromatic rings. The van der Waals surface area contributed by atoms with E-state index in [9.17, 15) is 8.42 Å². The maximum absolute atomic E-state index is 13.5. The molecular weight excluding hydrogens is 579 g/mol. The maximum atomic E-state index is 13.5. The molecule has 0 bridgehead atoms. The van der Waals surface area contributed by atoms with E-state index in [-0.39, 0.29) is 41.2 Å². The van der Waals surface area contributed by atoms with Gasteiger partial charge in [0.05, 0.1) is 15.3 Å². The third kappa shape index (κ3) is 6.61. The Hall–Kier alpha value is -3.74. The van der Waals surface area contributed by atoms with Gasteiger partial charge in [-0.05, 0) is 40.1 Å². The van der Waals surface area contributed by atoms with Gasteiger partial charge in [-0.1, -0.05) is 57.2 Å². The average molecular weight is 608 g/mol. The standard InChI is InChI=1S/C29H29N5O4S3/c1-29(2,3)20-9-11-22(12-10-20)41(35,36)34-26-24(25-23-8-6-5-7-19(23)17-40-25)27(33-18-32-26)37-13-14-38-28-30-15-21(39-4)16-31-28/h5-12,15-18H,13-14H2,1-4H3,(H,32,33,34). The summed E-state index contributed by atoms with van der Waals surface area (Å²) in [5.74, 6) is 0.357. The molecule has 0 unspecified atom stereocenters. The van der Waals surface area contributed by atoms with E-state index in [1.807, 2.05) is 48.0 Å². The second kappa shape index (κ2) is 12.0. The van der Waals surface area contributed by atoms with Gasteiger partial charge < -0.3 is 9.47 Å². The highest BCUT2D eigenvalue weighted by molar-refractivity contribution is 7.98. The van der Waals surface area contributed by atoms with Crippen molar-refractivity contribution in [3.8, 4) is 22.3 Å². The molecule has 0 radical (unpaired) electrons. The fraction of sp³-hybridized carbons (Fsp3) is 0.241. The number of sulfonamides is 1. The number of hydrogen-bond acceptors (Lipinski definition) is 10. The Labute approximate surface area is 247 Å². The predicted octanol–water partition coefficient (Wildman–Crippen LogP) is 6.43. The van der Waals surface area contributed by atoms with Crippen molar-refractivity contribution in [1.82, 2.24) is 19.9 Å². The molecule has 0 fully saturated rings. The topological polar surface area (TPSA) is 116 Å². The Bertz CT molecular complexity index is 1750. The second-order valence-corrected chi connectivity index (χ2v) is 13.5. The first-order chi connectivity index (χ1) is 19.7. The van der Waals surface area contributed by atoms with Gasteiger partial charge >= 0.3 is 6.01 Å². The molecule has 212 valence electrons. The van der Waals surface area contributed by atoms with Crippen LogP contribution in [0.25, 0.3) is 21.2 Å². The van der Waals surface area contributed by atoms with Gasteiger partial charge in [0.15, 0.2) is 5.82 Å². The number of nitrogens with one attached hydrogen (secondary N) is 1. The van der Waals surface area contributed by atoms with Gasteiger partial charge in [0.1, 0.15) is 19.5 Å². The van der Waals surface area contributed by atoms with Crippen LogP contribution in [0.1, 0.15) is 26.3 Å². The van der Waals surface area contributed by atoms with Crippen molar-refractivity contribution in [3.63, 3.8) is 0 Å². The highest BCUT2D eigenvalue weighted by atomic mass is 32.2. The fourth-order valence-electron chi connectivity index (χ4n) is 4.02. The van der Waals surface area contributed by atoms with Crippen LogP contribution in [-0.4, -0.2) is 47.8 Å². The molecule has 0 aliphatic rings. The maximum Gasteiger partial charge on any atom is 0.316 e. The van der Waals surface area contributed by atoms with Crippen molar-refractivity contribution >= 4 is 49.7 Å².